The predicted molar refractivity (Wildman–Crippen MR) is 76.9 cm³/mol. The summed E-state index contributed by atoms with van der Waals surface area (Å²) in [6, 6.07) is 6.48. The lowest BCUT2D eigenvalue weighted by Crippen LogP contribution is -2.57. The molecule has 2 spiro atoms. The van der Waals surface area contributed by atoms with Gasteiger partial charge in [0.1, 0.15) is 11.5 Å². The van der Waals surface area contributed by atoms with Crippen LogP contribution in [0.4, 0.5) is 0 Å². The van der Waals surface area contributed by atoms with Crippen LogP contribution in [0.3, 0.4) is 0 Å². The van der Waals surface area contributed by atoms with Gasteiger partial charge in [-0.25, -0.2) is 0 Å². The summed E-state index contributed by atoms with van der Waals surface area (Å²) in [5, 5.41) is 0. The highest BCUT2D eigenvalue weighted by Crippen LogP contribution is 2.68. The second-order valence-electron chi connectivity index (χ2n) is 6.43. The molecular formula is C18H13NO. The van der Waals surface area contributed by atoms with Gasteiger partial charge in [0.05, 0.1) is 5.41 Å². The number of hydrogen-bond donors (Lipinski definition) is 0. The Bertz CT molecular complexity index is 826. The lowest BCUT2D eigenvalue weighted by atomic mass is 9.46. The van der Waals surface area contributed by atoms with Gasteiger partial charge in [0.25, 0.3) is 0 Å². The average Bonchev–Trinajstić information content (AvgIpc) is 2.82. The fourth-order valence-electron chi connectivity index (χ4n) is 5.08. The smallest absolute Gasteiger partial charge is 0.131 e. The standard InChI is InChI=1S/C18H13NO/c1-2-12-10-14-17-6-4-11(5-7-17)16-18(17,8-9-19-14)15(12)13(3-1)20-16/h1-4,6,8-9H,5,7,10H2. The quantitative estimate of drug-likeness (QED) is 0.699. The van der Waals surface area contributed by atoms with Gasteiger partial charge >= 0.3 is 0 Å². The van der Waals surface area contributed by atoms with Crippen molar-refractivity contribution in [3.05, 3.63) is 65.1 Å². The molecule has 0 N–H and O–H groups in total. The maximum atomic E-state index is 6.33. The topological polar surface area (TPSA) is 21.6 Å². The van der Waals surface area contributed by atoms with Crippen LogP contribution < -0.4 is 4.74 Å². The maximum Gasteiger partial charge on any atom is 0.131 e. The highest BCUT2D eigenvalue weighted by molar-refractivity contribution is 6.02. The summed E-state index contributed by atoms with van der Waals surface area (Å²) < 4.78 is 6.33. The van der Waals surface area contributed by atoms with Crippen molar-refractivity contribution >= 4 is 5.71 Å². The molecule has 0 aromatic heterocycles. The van der Waals surface area contributed by atoms with E-state index in [0.29, 0.717) is 0 Å². The van der Waals surface area contributed by atoms with Crippen molar-refractivity contribution in [3.63, 3.8) is 0 Å². The maximum absolute atomic E-state index is 6.33. The van der Waals surface area contributed by atoms with E-state index in [2.05, 4.69) is 36.4 Å². The Morgan fingerprint density at radius 2 is 2.20 bits per heavy atom. The summed E-state index contributed by atoms with van der Waals surface area (Å²) in [6.45, 7) is 0. The minimum absolute atomic E-state index is 0.0401. The van der Waals surface area contributed by atoms with Crippen LogP contribution in [-0.2, 0) is 11.8 Å². The van der Waals surface area contributed by atoms with Crippen LogP contribution in [0.15, 0.2) is 59.0 Å². The molecule has 7 rings (SSSR count). The number of benzene rings is 1. The van der Waals surface area contributed by atoms with Crippen LogP contribution in [0.5, 0.6) is 5.75 Å². The molecular weight excluding hydrogens is 246 g/mol. The molecule has 96 valence electrons. The van der Waals surface area contributed by atoms with Gasteiger partial charge in [0, 0.05) is 29.3 Å². The zero-order valence-electron chi connectivity index (χ0n) is 11.0. The third-order valence-electron chi connectivity index (χ3n) is 5.86. The van der Waals surface area contributed by atoms with E-state index in [1.54, 1.807) is 0 Å². The van der Waals surface area contributed by atoms with E-state index < -0.39 is 0 Å². The number of hydrogen-bond acceptors (Lipinski definition) is 2. The van der Waals surface area contributed by atoms with Crippen molar-refractivity contribution in [1.29, 1.82) is 0 Å². The van der Waals surface area contributed by atoms with Crippen molar-refractivity contribution in [2.45, 2.75) is 24.7 Å². The summed E-state index contributed by atoms with van der Waals surface area (Å²) in [7, 11) is 0. The van der Waals surface area contributed by atoms with Gasteiger partial charge in [-0.1, -0.05) is 24.3 Å². The fraction of sp³-hybridized carbons (Fsp3) is 0.278. The Morgan fingerprint density at radius 1 is 1.20 bits per heavy atom. The zero-order chi connectivity index (χ0) is 12.9. The van der Waals surface area contributed by atoms with Crippen LogP contribution in [0.2, 0.25) is 0 Å². The Balaban J connectivity index is 1.89. The Morgan fingerprint density at radius 3 is 3.10 bits per heavy atom. The number of fused-ring (bicyclic) bond motifs is 1. The molecule has 4 bridgehead atoms. The lowest BCUT2D eigenvalue weighted by molar-refractivity contribution is 0.246. The highest BCUT2D eigenvalue weighted by Gasteiger charge is 2.66. The molecule has 2 nitrogen and oxygen atoms in total. The van der Waals surface area contributed by atoms with E-state index >= 15 is 0 Å². The molecule has 1 aromatic rings. The van der Waals surface area contributed by atoms with E-state index in [4.69, 9.17) is 9.73 Å². The van der Waals surface area contributed by atoms with Gasteiger partial charge < -0.3 is 4.74 Å². The second kappa shape index (κ2) is 2.69. The lowest BCUT2D eigenvalue weighted by Gasteiger charge is -2.55. The monoisotopic (exact) mass is 259 g/mol. The fourth-order valence-corrected chi connectivity index (χ4v) is 5.08. The number of allylic oxidation sites excluding steroid dienone is 4. The van der Waals surface area contributed by atoms with E-state index in [9.17, 15) is 0 Å². The van der Waals surface area contributed by atoms with Crippen LogP contribution in [0.25, 0.3) is 0 Å². The van der Waals surface area contributed by atoms with Crippen molar-refractivity contribution in [3.8, 4) is 5.75 Å². The molecule has 0 saturated carbocycles. The van der Waals surface area contributed by atoms with Crippen molar-refractivity contribution in [2.75, 3.05) is 0 Å². The minimum Gasteiger partial charge on any atom is -0.460 e. The first-order chi connectivity index (χ1) is 9.85. The van der Waals surface area contributed by atoms with E-state index in [-0.39, 0.29) is 10.8 Å². The van der Waals surface area contributed by atoms with Crippen molar-refractivity contribution in [2.24, 2.45) is 10.4 Å². The van der Waals surface area contributed by atoms with Crippen molar-refractivity contribution in [1.82, 2.24) is 0 Å². The molecule has 0 amide bonds. The summed E-state index contributed by atoms with van der Waals surface area (Å²) >= 11 is 0. The van der Waals surface area contributed by atoms with E-state index in [1.165, 1.54) is 34.6 Å². The molecule has 0 radical (unpaired) electrons. The highest BCUT2D eigenvalue weighted by atomic mass is 16.5. The molecule has 2 unspecified atom stereocenters. The van der Waals surface area contributed by atoms with Crippen LogP contribution >= 0.6 is 0 Å². The van der Waals surface area contributed by atoms with Crippen molar-refractivity contribution < 1.29 is 4.74 Å². The summed E-state index contributed by atoms with van der Waals surface area (Å²) in [5.41, 5.74) is 5.46. The van der Waals surface area contributed by atoms with Gasteiger partial charge in [-0.2, -0.15) is 0 Å². The SMILES string of the molecule is C1=CC23C4=C5C=CC2(CC5)C(=N1)Cc1cccc(c13)O4. The number of aliphatic imine (C=N–C) groups is 1. The third kappa shape index (κ3) is 0.724. The van der Waals surface area contributed by atoms with Crippen LogP contribution in [0.1, 0.15) is 24.0 Å². The Kier molecular flexibility index (Phi) is 1.31. The molecule has 0 fully saturated rings. The summed E-state index contributed by atoms with van der Waals surface area (Å²) in [6.07, 6.45) is 12.2. The Hall–Kier alpha value is -2.09. The molecule has 2 heterocycles. The molecule has 4 aliphatic carbocycles. The number of nitrogens with zero attached hydrogens (tertiary/aromatic N) is 1. The van der Waals surface area contributed by atoms with Crippen LogP contribution in [0, 0.1) is 5.41 Å². The molecule has 0 saturated heterocycles. The first-order valence-corrected chi connectivity index (χ1v) is 7.33. The number of ether oxygens (including phenoxy) is 1. The number of rotatable bonds is 0. The minimum atomic E-state index is -0.0867. The third-order valence-corrected chi connectivity index (χ3v) is 5.86. The summed E-state index contributed by atoms with van der Waals surface area (Å²) in [5.74, 6) is 2.24. The van der Waals surface area contributed by atoms with Gasteiger partial charge in [-0.15, -0.1) is 0 Å². The van der Waals surface area contributed by atoms with E-state index in [0.717, 1.165) is 18.6 Å². The summed E-state index contributed by atoms with van der Waals surface area (Å²) in [4.78, 5) is 4.76. The van der Waals surface area contributed by atoms with E-state index in [1.807, 2.05) is 6.20 Å². The van der Waals surface area contributed by atoms with Gasteiger partial charge in [0.2, 0.25) is 0 Å². The van der Waals surface area contributed by atoms with Gasteiger partial charge in [0.15, 0.2) is 0 Å². The normalized spacial score (nSPS) is 36.9. The first kappa shape index (κ1) is 9.76. The molecule has 20 heavy (non-hydrogen) atoms. The van der Waals surface area contributed by atoms with Gasteiger partial charge in [-0.3, -0.25) is 4.99 Å². The largest absolute Gasteiger partial charge is 0.460 e. The second-order valence-corrected chi connectivity index (χ2v) is 6.43. The first-order valence-electron chi connectivity index (χ1n) is 7.33. The van der Waals surface area contributed by atoms with Gasteiger partial charge in [-0.05, 0) is 36.1 Å². The molecule has 6 aliphatic rings. The molecule has 2 atom stereocenters. The molecule has 2 heteroatoms. The Labute approximate surface area is 117 Å². The average molecular weight is 259 g/mol. The molecule has 2 aliphatic heterocycles. The predicted octanol–water partition coefficient (Wildman–Crippen LogP) is 3.45. The zero-order valence-corrected chi connectivity index (χ0v) is 11.0. The molecule has 1 aromatic carbocycles. The van der Waals surface area contributed by atoms with Crippen LogP contribution in [-0.4, -0.2) is 5.71 Å².